The zero-order chi connectivity index (χ0) is 11.6. The van der Waals surface area contributed by atoms with Crippen molar-refractivity contribution in [3.63, 3.8) is 0 Å². The van der Waals surface area contributed by atoms with Gasteiger partial charge in [-0.1, -0.05) is 38.4 Å². The lowest BCUT2D eigenvalue weighted by atomic mass is 9.86. The van der Waals surface area contributed by atoms with Gasteiger partial charge >= 0.3 is 0 Å². The highest BCUT2D eigenvalue weighted by Gasteiger charge is 2.17. The van der Waals surface area contributed by atoms with E-state index in [1.54, 1.807) is 11.8 Å². The van der Waals surface area contributed by atoms with E-state index < -0.39 is 0 Å². The SMILES string of the molecule is CSc1cc(C(C)(C)C)cc(CO)c1Cl. The minimum atomic E-state index is -0.00366. The molecule has 1 N–H and O–H groups in total. The average molecular weight is 245 g/mol. The number of thioether (sulfide) groups is 1. The maximum atomic E-state index is 9.23. The summed E-state index contributed by atoms with van der Waals surface area (Å²) in [4.78, 5) is 1.04. The van der Waals surface area contributed by atoms with Crippen LogP contribution in [0.2, 0.25) is 5.02 Å². The molecule has 0 unspecified atom stereocenters. The Morgan fingerprint density at radius 1 is 1.33 bits per heavy atom. The van der Waals surface area contributed by atoms with Gasteiger partial charge in [0.1, 0.15) is 0 Å². The highest BCUT2D eigenvalue weighted by Crippen LogP contribution is 2.34. The highest BCUT2D eigenvalue weighted by molar-refractivity contribution is 7.98. The summed E-state index contributed by atoms with van der Waals surface area (Å²) < 4.78 is 0. The second-order valence-electron chi connectivity index (χ2n) is 4.56. The number of aliphatic hydroxyl groups excluding tert-OH is 1. The van der Waals surface area contributed by atoms with Gasteiger partial charge in [0.2, 0.25) is 0 Å². The normalized spacial score (nSPS) is 11.9. The van der Waals surface area contributed by atoms with Crippen molar-refractivity contribution >= 4 is 23.4 Å². The number of halogens is 1. The van der Waals surface area contributed by atoms with Crippen molar-refractivity contribution in [2.45, 2.75) is 37.7 Å². The van der Waals surface area contributed by atoms with Gasteiger partial charge in [0.05, 0.1) is 11.6 Å². The molecule has 84 valence electrons. The van der Waals surface area contributed by atoms with E-state index in [4.69, 9.17) is 11.6 Å². The lowest BCUT2D eigenvalue weighted by Crippen LogP contribution is -2.12. The largest absolute Gasteiger partial charge is 0.392 e. The van der Waals surface area contributed by atoms with Crippen LogP contribution in [0.15, 0.2) is 17.0 Å². The molecule has 0 saturated carbocycles. The third-order valence-corrected chi connectivity index (χ3v) is 3.69. The van der Waals surface area contributed by atoms with Gasteiger partial charge in [-0.3, -0.25) is 0 Å². The molecule has 0 amide bonds. The fourth-order valence-corrected chi connectivity index (χ4v) is 2.31. The molecular formula is C12H17ClOS. The molecule has 0 aliphatic rings. The second-order valence-corrected chi connectivity index (χ2v) is 5.79. The quantitative estimate of drug-likeness (QED) is 0.798. The fourth-order valence-electron chi connectivity index (χ4n) is 1.35. The molecule has 0 fully saturated rings. The van der Waals surface area contributed by atoms with Crippen LogP contribution < -0.4 is 0 Å². The molecule has 0 saturated heterocycles. The second kappa shape index (κ2) is 4.77. The van der Waals surface area contributed by atoms with Crippen LogP contribution in [0, 0.1) is 0 Å². The third-order valence-electron chi connectivity index (χ3n) is 2.37. The van der Waals surface area contributed by atoms with E-state index in [1.165, 1.54) is 5.56 Å². The van der Waals surface area contributed by atoms with Gasteiger partial charge in [-0.15, -0.1) is 11.8 Å². The van der Waals surface area contributed by atoms with E-state index in [2.05, 4.69) is 26.8 Å². The van der Waals surface area contributed by atoms with E-state index >= 15 is 0 Å². The molecule has 1 aromatic rings. The van der Waals surface area contributed by atoms with Crippen LogP contribution in [-0.2, 0) is 12.0 Å². The zero-order valence-corrected chi connectivity index (χ0v) is 11.2. The van der Waals surface area contributed by atoms with Crippen molar-refractivity contribution < 1.29 is 5.11 Å². The first-order valence-electron chi connectivity index (χ1n) is 4.88. The van der Waals surface area contributed by atoms with E-state index in [1.807, 2.05) is 12.3 Å². The molecule has 0 atom stereocenters. The lowest BCUT2D eigenvalue weighted by Gasteiger charge is -2.21. The summed E-state index contributed by atoms with van der Waals surface area (Å²) in [5, 5.41) is 9.91. The van der Waals surface area contributed by atoms with Crippen LogP contribution in [-0.4, -0.2) is 11.4 Å². The molecule has 1 nitrogen and oxygen atoms in total. The zero-order valence-electron chi connectivity index (χ0n) is 9.60. The van der Waals surface area contributed by atoms with Crippen molar-refractivity contribution in [3.05, 3.63) is 28.3 Å². The minimum Gasteiger partial charge on any atom is -0.392 e. The monoisotopic (exact) mass is 244 g/mol. The van der Waals surface area contributed by atoms with Gasteiger partial charge in [-0.2, -0.15) is 0 Å². The van der Waals surface area contributed by atoms with Gasteiger partial charge in [0.15, 0.2) is 0 Å². The summed E-state index contributed by atoms with van der Waals surface area (Å²) in [6.45, 7) is 6.46. The Kier molecular flexibility index (Phi) is 4.10. The Hall–Kier alpha value is -0.180. The van der Waals surface area contributed by atoms with Crippen molar-refractivity contribution in [1.29, 1.82) is 0 Å². The van der Waals surface area contributed by atoms with Crippen molar-refractivity contribution in [2.75, 3.05) is 6.26 Å². The Morgan fingerprint density at radius 3 is 2.33 bits per heavy atom. The summed E-state index contributed by atoms with van der Waals surface area (Å²) in [7, 11) is 0. The molecule has 15 heavy (non-hydrogen) atoms. The topological polar surface area (TPSA) is 20.2 Å². The number of aliphatic hydroxyl groups is 1. The molecule has 0 spiro atoms. The van der Waals surface area contributed by atoms with Crippen LogP contribution in [0.1, 0.15) is 31.9 Å². The fraction of sp³-hybridized carbons (Fsp3) is 0.500. The summed E-state index contributed by atoms with van der Waals surface area (Å²) >= 11 is 7.76. The number of hydrogen-bond donors (Lipinski definition) is 1. The van der Waals surface area contributed by atoms with Crippen molar-refractivity contribution in [1.82, 2.24) is 0 Å². The van der Waals surface area contributed by atoms with E-state index in [9.17, 15) is 5.11 Å². The Morgan fingerprint density at radius 2 is 1.93 bits per heavy atom. The van der Waals surface area contributed by atoms with Gasteiger partial charge in [0.25, 0.3) is 0 Å². The maximum Gasteiger partial charge on any atom is 0.0696 e. The van der Waals surface area contributed by atoms with Crippen LogP contribution in [0.25, 0.3) is 0 Å². The molecule has 0 aliphatic heterocycles. The maximum absolute atomic E-state index is 9.23. The first-order valence-corrected chi connectivity index (χ1v) is 6.48. The summed E-state index contributed by atoms with van der Waals surface area (Å²) in [5.41, 5.74) is 2.10. The first-order chi connectivity index (χ1) is 6.90. The summed E-state index contributed by atoms with van der Waals surface area (Å²) in [6.07, 6.45) is 1.99. The molecule has 1 rings (SSSR count). The van der Waals surface area contributed by atoms with Crippen LogP contribution in [0.4, 0.5) is 0 Å². The number of rotatable bonds is 2. The molecule has 0 aromatic heterocycles. The van der Waals surface area contributed by atoms with Gasteiger partial charge < -0.3 is 5.11 Å². The molecule has 0 aliphatic carbocycles. The molecule has 3 heteroatoms. The Bertz CT molecular complexity index is 330. The highest BCUT2D eigenvalue weighted by atomic mass is 35.5. The minimum absolute atomic E-state index is 0.00366. The van der Waals surface area contributed by atoms with E-state index in [-0.39, 0.29) is 12.0 Å². The molecule has 1 aromatic carbocycles. The smallest absolute Gasteiger partial charge is 0.0696 e. The van der Waals surface area contributed by atoms with Crippen LogP contribution in [0.3, 0.4) is 0 Å². The van der Waals surface area contributed by atoms with Crippen LogP contribution >= 0.6 is 23.4 Å². The lowest BCUT2D eigenvalue weighted by molar-refractivity contribution is 0.281. The van der Waals surface area contributed by atoms with Crippen molar-refractivity contribution in [2.24, 2.45) is 0 Å². The van der Waals surface area contributed by atoms with Gasteiger partial charge in [-0.05, 0) is 28.9 Å². The predicted octanol–water partition coefficient (Wildman–Crippen LogP) is 3.85. The standard InChI is InChI=1S/C12H17ClOS/c1-12(2,3)9-5-8(7-14)11(13)10(6-9)15-4/h5-6,14H,7H2,1-4H3. The summed E-state index contributed by atoms with van der Waals surface area (Å²) in [6, 6.07) is 4.09. The Balaban J connectivity index is 3.33. The first kappa shape index (κ1) is 12.9. The molecule has 0 radical (unpaired) electrons. The van der Waals surface area contributed by atoms with Gasteiger partial charge in [-0.25, -0.2) is 0 Å². The Labute approximate surface area is 101 Å². The molecular weight excluding hydrogens is 228 g/mol. The van der Waals surface area contributed by atoms with Crippen LogP contribution in [0.5, 0.6) is 0 Å². The summed E-state index contributed by atoms with van der Waals surface area (Å²) in [5.74, 6) is 0. The molecule has 0 heterocycles. The third kappa shape index (κ3) is 2.90. The average Bonchev–Trinajstić information content (AvgIpc) is 2.16. The number of benzene rings is 1. The van der Waals surface area contributed by atoms with Crippen molar-refractivity contribution in [3.8, 4) is 0 Å². The predicted molar refractivity (Wildman–Crippen MR) is 67.9 cm³/mol. The van der Waals surface area contributed by atoms with Gasteiger partial charge in [0, 0.05) is 4.90 Å². The van der Waals surface area contributed by atoms with E-state index in [0.717, 1.165) is 10.5 Å². The number of hydrogen-bond acceptors (Lipinski definition) is 2. The molecule has 0 bridgehead atoms. The van der Waals surface area contributed by atoms with E-state index in [0.29, 0.717) is 5.02 Å².